The molecule has 32 heavy (non-hydrogen) atoms. The van der Waals surface area contributed by atoms with Crippen molar-refractivity contribution in [3.8, 4) is 5.75 Å². The Bertz CT molecular complexity index is 1200. The monoisotopic (exact) mass is 451 g/mol. The van der Waals surface area contributed by atoms with Gasteiger partial charge in [0, 0.05) is 24.2 Å². The molecule has 2 aliphatic heterocycles. The summed E-state index contributed by atoms with van der Waals surface area (Å²) in [5.41, 5.74) is 3.46. The second-order valence-electron chi connectivity index (χ2n) is 8.28. The molecule has 0 aliphatic carbocycles. The van der Waals surface area contributed by atoms with Gasteiger partial charge in [-0.05, 0) is 43.5 Å². The number of amides is 2. The highest BCUT2D eigenvalue weighted by atomic mass is 32.1. The number of ether oxygens (including phenoxy) is 2. The quantitative estimate of drug-likeness (QED) is 0.658. The minimum atomic E-state index is -0.329. The van der Waals surface area contributed by atoms with Gasteiger partial charge in [-0.25, -0.2) is 4.98 Å². The molecule has 4 heterocycles. The molecule has 8 heteroatoms. The second-order valence-corrected chi connectivity index (χ2v) is 9.28. The van der Waals surface area contributed by atoms with E-state index in [-0.39, 0.29) is 17.7 Å². The Morgan fingerprint density at radius 2 is 1.97 bits per heavy atom. The number of nitrogens with one attached hydrogen (secondary N) is 1. The van der Waals surface area contributed by atoms with Crippen LogP contribution in [0.1, 0.15) is 26.5 Å². The molecule has 0 radical (unpaired) electrons. The molecule has 5 rings (SSSR count). The van der Waals surface area contributed by atoms with E-state index >= 15 is 0 Å². The number of aryl methyl sites for hydroxylation is 2. The molecule has 0 saturated carbocycles. The number of nitrogens with zero attached hydrogens (tertiary/aromatic N) is 2. The molecular formula is C24H25N3O4S. The van der Waals surface area contributed by atoms with Gasteiger partial charge in [0.15, 0.2) is 0 Å². The summed E-state index contributed by atoms with van der Waals surface area (Å²) < 4.78 is 11.2. The lowest BCUT2D eigenvalue weighted by atomic mass is 9.96. The van der Waals surface area contributed by atoms with Crippen LogP contribution >= 0.6 is 11.3 Å². The number of para-hydroxylation sites is 1. The smallest absolute Gasteiger partial charge is 0.266 e. The van der Waals surface area contributed by atoms with Gasteiger partial charge in [-0.15, -0.1) is 11.3 Å². The predicted molar refractivity (Wildman–Crippen MR) is 124 cm³/mol. The Morgan fingerprint density at radius 1 is 1.19 bits per heavy atom. The number of aromatic nitrogens is 1. The molecule has 2 amide bonds. The van der Waals surface area contributed by atoms with E-state index in [1.165, 1.54) is 11.3 Å². The van der Waals surface area contributed by atoms with Crippen molar-refractivity contribution in [3.05, 3.63) is 52.0 Å². The average Bonchev–Trinajstić information content (AvgIpc) is 3.16. The van der Waals surface area contributed by atoms with Crippen LogP contribution in [0.3, 0.4) is 0 Å². The predicted octanol–water partition coefficient (Wildman–Crippen LogP) is 3.58. The van der Waals surface area contributed by atoms with E-state index in [4.69, 9.17) is 9.47 Å². The second kappa shape index (κ2) is 8.52. The lowest BCUT2D eigenvalue weighted by Gasteiger charge is -2.27. The fraction of sp³-hybridized carbons (Fsp3) is 0.375. The van der Waals surface area contributed by atoms with Gasteiger partial charge in [0.1, 0.15) is 22.1 Å². The summed E-state index contributed by atoms with van der Waals surface area (Å²) in [6, 6.07) is 9.77. The Labute approximate surface area is 190 Å². The van der Waals surface area contributed by atoms with Crippen molar-refractivity contribution < 1.29 is 19.1 Å². The number of morpholine rings is 1. The van der Waals surface area contributed by atoms with Crippen molar-refractivity contribution in [3.63, 3.8) is 0 Å². The first kappa shape index (κ1) is 20.9. The molecule has 2 aromatic heterocycles. The van der Waals surface area contributed by atoms with Crippen LogP contribution in [-0.4, -0.2) is 54.6 Å². The molecule has 1 atom stereocenters. The third-order valence-corrected chi connectivity index (χ3v) is 7.05. The summed E-state index contributed by atoms with van der Waals surface area (Å²) in [7, 11) is 0. The van der Waals surface area contributed by atoms with Crippen molar-refractivity contribution >= 4 is 39.1 Å². The number of hydrogen-bond donors (Lipinski definition) is 1. The number of thiophene rings is 1. The zero-order valence-corrected chi connectivity index (χ0v) is 19.0. The van der Waals surface area contributed by atoms with E-state index < -0.39 is 0 Å². The molecule has 0 spiro atoms. The Balaban J connectivity index is 1.49. The van der Waals surface area contributed by atoms with Crippen molar-refractivity contribution in [2.45, 2.75) is 20.3 Å². The standard InChI is InChI=1S/C24H25N3O4S/c1-14-11-15(2)25-23-19(14)20(21(32-23)24(29)27-7-9-30-10-8-27)26-22(28)17-12-16-5-3-4-6-18(16)31-13-17/h3-6,11,17H,7-10,12-13H2,1-2H3,(H,26,28)/t17-/m0/s1. The number of fused-ring (bicyclic) bond motifs is 2. The first-order valence-electron chi connectivity index (χ1n) is 10.8. The highest BCUT2D eigenvalue weighted by Crippen LogP contribution is 2.39. The largest absolute Gasteiger partial charge is 0.492 e. The van der Waals surface area contributed by atoms with Crippen LogP contribution in [-0.2, 0) is 16.0 Å². The molecule has 1 saturated heterocycles. The van der Waals surface area contributed by atoms with Gasteiger partial charge in [-0.2, -0.15) is 0 Å². The molecule has 7 nitrogen and oxygen atoms in total. The van der Waals surface area contributed by atoms with Crippen LogP contribution in [0.2, 0.25) is 0 Å². The number of hydrogen-bond acceptors (Lipinski definition) is 6. The maximum Gasteiger partial charge on any atom is 0.266 e. The van der Waals surface area contributed by atoms with Crippen LogP contribution in [0, 0.1) is 19.8 Å². The molecular weight excluding hydrogens is 426 g/mol. The summed E-state index contributed by atoms with van der Waals surface area (Å²) in [6.45, 7) is 6.36. The zero-order valence-electron chi connectivity index (χ0n) is 18.1. The van der Waals surface area contributed by atoms with Crippen molar-refractivity contribution in [2.75, 3.05) is 38.2 Å². The summed E-state index contributed by atoms with van der Waals surface area (Å²) >= 11 is 1.34. The number of carbonyl (C=O) groups excluding carboxylic acids is 2. The van der Waals surface area contributed by atoms with Crippen molar-refractivity contribution in [1.82, 2.24) is 9.88 Å². The van der Waals surface area contributed by atoms with Crippen LogP contribution < -0.4 is 10.1 Å². The van der Waals surface area contributed by atoms with E-state index in [9.17, 15) is 9.59 Å². The SMILES string of the molecule is Cc1cc(C)c2c(NC(=O)[C@@H]3COc4ccccc4C3)c(C(=O)N3CCOCC3)sc2n1. The summed E-state index contributed by atoms with van der Waals surface area (Å²) in [4.78, 5) is 34.4. The van der Waals surface area contributed by atoms with E-state index in [1.54, 1.807) is 4.90 Å². The molecule has 1 N–H and O–H groups in total. The molecule has 1 fully saturated rings. The van der Waals surface area contributed by atoms with Gasteiger partial charge in [0.05, 0.1) is 24.8 Å². The van der Waals surface area contributed by atoms with Gasteiger partial charge in [-0.1, -0.05) is 18.2 Å². The Morgan fingerprint density at radius 3 is 2.78 bits per heavy atom. The average molecular weight is 452 g/mol. The first-order valence-corrected chi connectivity index (χ1v) is 11.6. The third kappa shape index (κ3) is 3.84. The molecule has 166 valence electrons. The van der Waals surface area contributed by atoms with Crippen LogP contribution in [0.5, 0.6) is 5.75 Å². The maximum atomic E-state index is 13.4. The summed E-state index contributed by atoms with van der Waals surface area (Å²) in [5, 5.41) is 3.92. The third-order valence-electron chi connectivity index (χ3n) is 5.98. The van der Waals surface area contributed by atoms with Gasteiger partial charge in [0.2, 0.25) is 5.91 Å². The van der Waals surface area contributed by atoms with E-state index in [0.29, 0.717) is 49.9 Å². The maximum absolute atomic E-state index is 13.4. The minimum absolute atomic E-state index is 0.0890. The molecule has 0 bridgehead atoms. The molecule has 0 unspecified atom stereocenters. The number of anilines is 1. The van der Waals surface area contributed by atoms with E-state index in [0.717, 1.165) is 32.8 Å². The van der Waals surface area contributed by atoms with Gasteiger partial charge in [-0.3, -0.25) is 9.59 Å². The topological polar surface area (TPSA) is 80.8 Å². The Kier molecular flexibility index (Phi) is 5.57. The van der Waals surface area contributed by atoms with Crippen molar-refractivity contribution in [1.29, 1.82) is 0 Å². The van der Waals surface area contributed by atoms with Gasteiger partial charge in [0.25, 0.3) is 5.91 Å². The number of pyridine rings is 1. The lowest BCUT2D eigenvalue weighted by molar-refractivity contribution is -0.121. The molecule has 3 aromatic rings. The van der Waals surface area contributed by atoms with Crippen LogP contribution in [0.4, 0.5) is 5.69 Å². The zero-order chi connectivity index (χ0) is 22.2. The Hall–Kier alpha value is -2.97. The summed E-state index contributed by atoms with van der Waals surface area (Å²) in [6.07, 6.45) is 0.604. The number of benzene rings is 1. The van der Waals surface area contributed by atoms with Crippen LogP contribution in [0.15, 0.2) is 30.3 Å². The lowest BCUT2D eigenvalue weighted by Crippen LogP contribution is -2.40. The normalized spacial score (nSPS) is 18.2. The molecule has 1 aromatic carbocycles. The first-order chi connectivity index (χ1) is 15.5. The van der Waals surface area contributed by atoms with E-state index in [1.807, 2.05) is 44.2 Å². The fourth-order valence-electron chi connectivity index (χ4n) is 4.34. The highest BCUT2D eigenvalue weighted by molar-refractivity contribution is 7.21. The van der Waals surface area contributed by atoms with Crippen LogP contribution in [0.25, 0.3) is 10.2 Å². The number of rotatable bonds is 3. The fourth-order valence-corrected chi connectivity index (χ4v) is 5.56. The van der Waals surface area contributed by atoms with Crippen molar-refractivity contribution in [2.24, 2.45) is 5.92 Å². The summed E-state index contributed by atoms with van der Waals surface area (Å²) in [5.74, 6) is 0.269. The van der Waals surface area contributed by atoms with E-state index in [2.05, 4.69) is 10.3 Å². The van der Waals surface area contributed by atoms with Gasteiger partial charge >= 0.3 is 0 Å². The minimum Gasteiger partial charge on any atom is -0.492 e. The number of carbonyl (C=O) groups is 2. The molecule has 2 aliphatic rings. The van der Waals surface area contributed by atoms with Gasteiger partial charge < -0.3 is 19.7 Å². The highest BCUT2D eigenvalue weighted by Gasteiger charge is 2.31.